The van der Waals surface area contributed by atoms with Crippen LogP contribution in [0, 0.1) is 0 Å². The molecule has 0 saturated carbocycles. The SMILES string of the molecule is O=C(CCSCc1ccco1)Nc1ccccc1. The van der Waals surface area contributed by atoms with E-state index in [2.05, 4.69) is 5.32 Å². The molecule has 4 heteroatoms. The number of nitrogens with one attached hydrogen (secondary N) is 1. The first-order valence-corrected chi connectivity index (χ1v) is 6.95. The van der Waals surface area contributed by atoms with E-state index in [9.17, 15) is 4.79 Å². The van der Waals surface area contributed by atoms with E-state index in [-0.39, 0.29) is 5.91 Å². The molecule has 3 nitrogen and oxygen atoms in total. The number of benzene rings is 1. The van der Waals surface area contributed by atoms with E-state index in [0.717, 1.165) is 23.0 Å². The van der Waals surface area contributed by atoms with E-state index in [4.69, 9.17) is 4.42 Å². The van der Waals surface area contributed by atoms with Crippen LogP contribution in [-0.2, 0) is 10.5 Å². The van der Waals surface area contributed by atoms with Gasteiger partial charge in [-0.1, -0.05) is 18.2 Å². The number of para-hydroxylation sites is 1. The van der Waals surface area contributed by atoms with Gasteiger partial charge in [0.25, 0.3) is 0 Å². The van der Waals surface area contributed by atoms with Gasteiger partial charge in [0.15, 0.2) is 0 Å². The number of hydrogen-bond acceptors (Lipinski definition) is 3. The predicted molar refractivity (Wildman–Crippen MR) is 74.6 cm³/mol. The minimum Gasteiger partial charge on any atom is -0.468 e. The molecule has 0 aliphatic carbocycles. The standard InChI is InChI=1S/C14H15NO2S/c16-14(15-12-5-2-1-3-6-12)8-10-18-11-13-7-4-9-17-13/h1-7,9H,8,10-11H2,(H,15,16). The van der Waals surface area contributed by atoms with Crippen molar-refractivity contribution in [3.8, 4) is 0 Å². The van der Waals surface area contributed by atoms with Gasteiger partial charge in [0.2, 0.25) is 5.91 Å². The molecule has 2 rings (SSSR count). The Morgan fingerprint density at radius 3 is 2.72 bits per heavy atom. The summed E-state index contributed by atoms with van der Waals surface area (Å²) < 4.78 is 5.21. The van der Waals surface area contributed by atoms with Gasteiger partial charge in [-0.05, 0) is 24.3 Å². The summed E-state index contributed by atoms with van der Waals surface area (Å²) in [5.74, 6) is 2.60. The molecule has 0 bridgehead atoms. The first-order valence-electron chi connectivity index (χ1n) is 5.79. The lowest BCUT2D eigenvalue weighted by atomic mass is 10.3. The van der Waals surface area contributed by atoms with Crippen molar-refractivity contribution >= 4 is 23.4 Å². The molecular formula is C14H15NO2S. The van der Waals surface area contributed by atoms with Crippen LogP contribution in [-0.4, -0.2) is 11.7 Å². The normalized spacial score (nSPS) is 10.2. The van der Waals surface area contributed by atoms with E-state index in [1.54, 1.807) is 18.0 Å². The zero-order valence-electron chi connectivity index (χ0n) is 9.96. The van der Waals surface area contributed by atoms with E-state index in [0.29, 0.717) is 6.42 Å². The number of carbonyl (C=O) groups is 1. The third-order valence-electron chi connectivity index (χ3n) is 2.36. The van der Waals surface area contributed by atoms with E-state index in [1.165, 1.54) is 0 Å². The molecular weight excluding hydrogens is 246 g/mol. The van der Waals surface area contributed by atoms with Gasteiger partial charge in [-0.3, -0.25) is 4.79 Å². The van der Waals surface area contributed by atoms with Gasteiger partial charge in [-0.25, -0.2) is 0 Å². The number of amides is 1. The second kappa shape index (κ2) is 6.91. The van der Waals surface area contributed by atoms with Gasteiger partial charge < -0.3 is 9.73 Å². The summed E-state index contributed by atoms with van der Waals surface area (Å²) in [6.45, 7) is 0. The Morgan fingerprint density at radius 1 is 1.17 bits per heavy atom. The van der Waals surface area contributed by atoms with Crippen LogP contribution < -0.4 is 5.32 Å². The van der Waals surface area contributed by atoms with Gasteiger partial charge >= 0.3 is 0 Å². The van der Waals surface area contributed by atoms with Crippen LogP contribution in [0.2, 0.25) is 0 Å². The Balaban J connectivity index is 1.63. The number of rotatable bonds is 6. The lowest BCUT2D eigenvalue weighted by molar-refractivity contribution is -0.115. The fraction of sp³-hybridized carbons (Fsp3) is 0.214. The number of hydrogen-bond donors (Lipinski definition) is 1. The summed E-state index contributed by atoms with van der Waals surface area (Å²) in [7, 11) is 0. The van der Waals surface area contributed by atoms with Crippen molar-refractivity contribution in [2.24, 2.45) is 0 Å². The number of thioether (sulfide) groups is 1. The highest BCUT2D eigenvalue weighted by atomic mass is 32.2. The summed E-state index contributed by atoms with van der Waals surface area (Å²) in [6.07, 6.45) is 2.18. The first kappa shape index (κ1) is 12.8. The predicted octanol–water partition coefficient (Wildman–Crippen LogP) is 3.54. The van der Waals surface area contributed by atoms with Crippen molar-refractivity contribution in [2.75, 3.05) is 11.1 Å². The zero-order valence-corrected chi connectivity index (χ0v) is 10.8. The smallest absolute Gasteiger partial charge is 0.225 e. The van der Waals surface area contributed by atoms with Crippen LogP contribution in [0.4, 0.5) is 5.69 Å². The number of furan rings is 1. The third-order valence-corrected chi connectivity index (χ3v) is 3.34. The minimum atomic E-state index is 0.0492. The average Bonchev–Trinajstić information content (AvgIpc) is 2.89. The molecule has 0 aliphatic rings. The lowest BCUT2D eigenvalue weighted by Gasteiger charge is -2.04. The van der Waals surface area contributed by atoms with Gasteiger partial charge in [0, 0.05) is 17.9 Å². The molecule has 0 saturated heterocycles. The topological polar surface area (TPSA) is 42.2 Å². The highest BCUT2D eigenvalue weighted by Crippen LogP contribution is 2.14. The van der Waals surface area contributed by atoms with E-state index >= 15 is 0 Å². The third kappa shape index (κ3) is 4.30. The van der Waals surface area contributed by atoms with Crippen molar-refractivity contribution in [2.45, 2.75) is 12.2 Å². The molecule has 1 aromatic carbocycles. The molecule has 18 heavy (non-hydrogen) atoms. The fourth-order valence-electron chi connectivity index (χ4n) is 1.48. The van der Waals surface area contributed by atoms with E-state index in [1.807, 2.05) is 42.5 Å². The Kier molecular flexibility index (Phi) is 4.90. The largest absolute Gasteiger partial charge is 0.468 e. The van der Waals surface area contributed by atoms with Gasteiger partial charge in [-0.2, -0.15) is 11.8 Å². The molecule has 1 aromatic heterocycles. The average molecular weight is 261 g/mol. The molecule has 1 amide bonds. The molecule has 0 spiro atoms. The Labute approximate surface area is 111 Å². The van der Waals surface area contributed by atoms with Crippen molar-refractivity contribution in [3.05, 3.63) is 54.5 Å². The Hall–Kier alpha value is -1.68. The molecule has 1 N–H and O–H groups in total. The number of anilines is 1. The maximum Gasteiger partial charge on any atom is 0.225 e. The summed E-state index contributed by atoms with van der Waals surface area (Å²) in [5, 5.41) is 2.86. The Morgan fingerprint density at radius 2 is 2.00 bits per heavy atom. The molecule has 0 fully saturated rings. The first-order chi connectivity index (χ1) is 8.84. The summed E-state index contributed by atoms with van der Waals surface area (Å²) >= 11 is 1.70. The monoisotopic (exact) mass is 261 g/mol. The highest BCUT2D eigenvalue weighted by molar-refractivity contribution is 7.98. The summed E-state index contributed by atoms with van der Waals surface area (Å²) in [5.41, 5.74) is 0.846. The quantitative estimate of drug-likeness (QED) is 0.809. The van der Waals surface area contributed by atoms with Crippen LogP contribution in [0.3, 0.4) is 0 Å². The van der Waals surface area contributed by atoms with Crippen molar-refractivity contribution in [3.63, 3.8) is 0 Å². The maximum atomic E-state index is 11.6. The molecule has 0 unspecified atom stereocenters. The van der Waals surface area contributed by atoms with Crippen LogP contribution in [0.25, 0.3) is 0 Å². The Bertz CT molecular complexity index is 468. The van der Waals surface area contributed by atoms with Gasteiger partial charge in [0.1, 0.15) is 5.76 Å². The molecule has 1 heterocycles. The molecule has 0 atom stereocenters. The minimum absolute atomic E-state index is 0.0492. The number of carbonyl (C=O) groups excluding carboxylic acids is 1. The fourth-order valence-corrected chi connectivity index (χ4v) is 2.32. The molecule has 0 radical (unpaired) electrons. The van der Waals surface area contributed by atoms with Gasteiger partial charge in [-0.15, -0.1) is 0 Å². The second-order valence-corrected chi connectivity index (χ2v) is 4.90. The molecule has 0 aliphatic heterocycles. The maximum absolute atomic E-state index is 11.6. The second-order valence-electron chi connectivity index (χ2n) is 3.80. The van der Waals surface area contributed by atoms with Crippen LogP contribution in [0.15, 0.2) is 53.1 Å². The summed E-state index contributed by atoms with van der Waals surface area (Å²) in [6, 6.07) is 13.3. The van der Waals surface area contributed by atoms with Crippen LogP contribution >= 0.6 is 11.8 Å². The zero-order chi connectivity index (χ0) is 12.6. The van der Waals surface area contributed by atoms with Crippen molar-refractivity contribution in [1.82, 2.24) is 0 Å². The summed E-state index contributed by atoms with van der Waals surface area (Å²) in [4.78, 5) is 11.6. The van der Waals surface area contributed by atoms with Crippen molar-refractivity contribution in [1.29, 1.82) is 0 Å². The van der Waals surface area contributed by atoms with Crippen molar-refractivity contribution < 1.29 is 9.21 Å². The molecule has 2 aromatic rings. The van der Waals surface area contributed by atoms with Crippen LogP contribution in [0.1, 0.15) is 12.2 Å². The highest BCUT2D eigenvalue weighted by Gasteiger charge is 2.02. The van der Waals surface area contributed by atoms with Crippen LogP contribution in [0.5, 0.6) is 0 Å². The van der Waals surface area contributed by atoms with E-state index < -0.39 is 0 Å². The molecule has 94 valence electrons. The van der Waals surface area contributed by atoms with Gasteiger partial charge in [0.05, 0.1) is 12.0 Å². The lowest BCUT2D eigenvalue weighted by Crippen LogP contribution is -2.11.